The number of carbonyl (C=O) groups excluding carboxylic acids is 2. The van der Waals surface area contributed by atoms with E-state index >= 15 is 0 Å². The molecule has 120 valence electrons. The third-order valence-electron chi connectivity index (χ3n) is 2.61. The van der Waals surface area contributed by atoms with Crippen molar-refractivity contribution >= 4 is 28.0 Å². The van der Waals surface area contributed by atoms with Crippen molar-refractivity contribution in [3.05, 3.63) is 11.6 Å². The van der Waals surface area contributed by atoms with Gasteiger partial charge in [0.25, 0.3) is 0 Å². The normalized spacial score (nSPS) is 21.0. The largest absolute Gasteiger partial charge is 0.458 e. The summed E-state index contributed by atoms with van der Waals surface area (Å²) < 4.78 is 10.7. The summed E-state index contributed by atoms with van der Waals surface area (Å²) in [7, 11) is 0. The highest BCUT2D eigenvalue weighted by Gasteiger charge is 2.45. The first kappa shape index (κ1) is 18.0. The topological polar surface area (TPSA) is 55.8 Å². The molecule has 1 aliphatic heterocycles. The quantitative estimate of drug-likeness (QED) is 0.430. The Morgan fingerprint density at radius 3 is 2.14 bits per heavy atom. The SMILES string of the molecule is CC(C)(C)OC(=O)C1/C(=C\CBr)CN1C(=O)OC(C)(C)C. The zero-order valence-corrected chi connectivity index (χ0v) is 15.1. The molecule has 0 aromatic heterocycles. The van der Waals surface area contributed by atoms with E-state index in [-0.39, 0.29) is 0 Å². The van der Waals surface area contributed by atoms with Crippen molar-refractivity contribution in [1.29, 1.82) is 0 Å². The van der Waals surface area contributed by atoms with Crippen LogP contribution in [-0.2, 0) is 14.3 Å². The van der Waals surface area contributed by atoms with Crippen molar-refractivity contribution in [2.75, 3.05) is 11.9 Å². The molecule has 0 aromatic carbocycles. The molecule has 6 heteroatoms. The molecule has 0 N–H and O–H groups in total. The predicted molar refractivity (Wildman–Crippen MR) is 84.5 cm³/mol. The lowest BCUT2D eigenvalue weighted by atomic mass is 9.95. The molecule has 21 heavy (non-hydrogen) atoms. The van der Waals surface area contributed by atoms with Crippen LogP contribution in [0.4, 0.5) is 4.79 Å². The molecule has 0 saturated carbocycles. The third kappa shape index (κ3) is 5.34. The summed E-state index contributed by atoms with van der Waals surface area (Å²) in [4.78, 5) is 25.8. The molecule has 1 atom stereocenters. The third-order valence-corrected chi connectivity index (χ3v) is 2.94. The number of ether oxygens (including phenoxy) is 2. The molecular formula is C15H24BrNO4. The van der Waals surface area contributed by atoms with Gasteiger partial charge in [0.2, 0.25) is 0 Å². The highest BCUT2D eigenvalue weighted by atomic mass is 79.9. The monoisotopic (exact) mass is 361 g/mol. The van der Waals surface area contributed by atoms with E-state index in [1.165, 1.54) is 4.90 Å². The molecule has 0 bridgehead atoms. The summed E-state index contributed by atoms with van der Waals surface area (Å²) >= 11 is 3.31. The van der Waals surface area contributed by atoms with Gasteiger partial charge in [-0.3, -0.25) is 4.90 Å². The number of esters is 1. The van der Waals surface area contributed by atoms with Gasteiger partial charge in [-0.2, -0.15) is 0 Å². The van der Waals surface area contributed by atoms with E-state index < -0.39 is 29.3 Å². The Labute approximate surface area is 134 Å². The van der Waals surface area contributed by atoms with Crippen molar-refractivity contribution in [3.63, 3.8) is 0 Å². The highest BCUT2D eigenvalue weighted by Crippen LogP contribution is 2.29. The smallest absolute Gasteiger partial charge is 0.411 e. The lowest BCUT2D eigenvalue weighted by molar-refractivity contribution is -0.162. The molecule has 5 nitrogen and oxygen atoms in total. The average molecular weight is 362 g/mol. The number of hydrogen-bond acceptors (Lipinski definition) is 4. The zero-order valence-electron chi connectivity index (χ0n) is 13.5. The number of hydrogen-bond donors (Lipinski definition) is 0. The van der Waals surface area contributed by atoms with Crippen molar-refractivity contribution in [1.82, 2.24) is 4.90 Å². The van der Waals surface area contributed by atoms with E-state index in [9.17, 15) is 9.59 Å². The fraction of sp³-hybridized carbons (Fsp3) is 0.733. The number of rotatable bonds is 2. The number of alkyl halides is 1. The second-order valence-electron chi connectivity index (χ2n) is 6.98. The molecular weight excluding hydrogens is 338 g/mol. The van der Waals surface area contributed by atoms with Crippen molar-refractivity contribution in [2.24, 2.45) is 0 Å². The maximum absolute atomic E-state index is 12.3. The van der Waals surface area contributed by atoms with Gasteiger partial charge in [-0.1, -0.05) is 22.0 Å². The first-order valence-electron chi connectivity index (χ1n) is 6.92. The second-order valence-corrected chi connectivity index (χ2v) is 7.63. The van der Waals surface area contributed by atoms with E-state index in [0.29, 0.717) is 11.9 Å². The van der Waals surface area contributed by atoms with Gasteiger partial charge >= 0.3 is 12.1 Å². The van der Waals surface area contributed by atoms with Crippen LogP contribution in [0.5, 0.6) is 0 Å². The molecule has 1 aliphatic rings. The van der Waals surface area contributed by atoms with Crippen molar-refractivity contribution in [3.8, 4) is 0 Å². The first-order chi connectivity index (χ1) is 9.44. The minimum atomic E-state index is -0.684. The number of amides is 1. The summed E-state index contributed by atoms with van der Waals surface area (Å²) in [5, 5.41) is 0.629. The molecule has 1 fully saturated rings. The minimum Gasteiger partial charge on any atom is -0.458 e. The van der Waals surface area contributed by atoms with Crippen molar-refractivity contribution < 1.29 is 19.1 Å². The molecule has 1 heterocycles. The molecule has 1 unspecified atom stereocenters. The van der Waals surface area contributed by atoms with E-state index in [1.807, 2.05) is 6.08 Å². The Hall–Kier alpha value is -1.04. The Morgan fingerprint density at radius 1 is 1.19 bits per heavy atom. The van der Waals surface area contributed by atoms with Crippen LogP contribution < -0.4 is 0 Å². The average Bonchev–Trinajstić information content (AvgIpc) is 2.17. The molecule has 1 amide bonds. The number of likely N-dealkylation sites (tertiary alicyclic amines) is 1. The molecule has 0 spiro atoms. The van der Waals surface area contributed by atoms with Crippen LogP contribution >= 0.6 is 15.9 Å². The van der Waals surface area contributed by atoms with Crippen LogP contribution in [0.2, 0.25) is 0 Å². The van der Waals surface area contributed by atoms with Gasteiger partial charge in [0.05, 0.1) is 0 Å². The summed E-state index contributed by atoms with van der Waals surface area (Å²) in [5.74, 6) is -0.424. The van der Waals surface area contributed by atoms with Crippen LogP contribution in [0, 0.1) is 0 Å². The Balaban J connectivity index is 2.85. The summed E-state index contributed by atoms with van der Waals surface area (Å²) in [5.41, 5.74) is -0.317. The number of allylic oxidation sites excluding steroid dienone is 1. The number of halogens is 1. The lowest BCUT2D eigenvalue weighted by Gasteiger charge is -2.42. The molecule has 1 rings (SSSR count). The molecule has 0 aliphatic carbocycles. The summed E-state index contributed by atoms with van der Waals surface area (Å²) in [6, 6.07) is -0.684. The van der Waals surface area contributed by atoms with Gasteiger partial charge in [0, 0.05) is 11.9 Å². The Bertz CT molecular complexity index is 446. The lowest BCUT2D eigenvalue weighted by Crippen LogP contribution is -2.59. The van der Waals surface area contributed by atoms with E-state index in [0.717, 1.165) is 5.57 Å². The fourth-order valence-corrected chi connectivity index (χ4v) is 2.28. The molecule has 1 saturated heterocycles. The standard InChI is InChI=1S/C15H24BrNO4/c1-14(2,3)20-12(18)11-10(7-8-16)9-17(11)13(19)21-15(4,5)6/h7,11H,8-9H2,1-6H3/b10-7-. The Kier molecular flexibility index (Phi) is 5.47. The van der Waals surface area contributed by atoms with Gasteiger partial charge in [-0.05, 0) is 47.1 Å². The van der Waals surface area contributed by atoms with Crippen LogP contribution in [0.1, 0.15) is 41.5 Å². The zero-order chi connectivity index (χ0) is 16.4. The molecule has 0 radical (unpaired) electrons. The second kappa shape index (κ2) is 6.38. The van der Waals surface area contributed by atoms with Crippen molar-refractivity contribution in [2.45, 2.75) is 58.8 Å². The van der Waals surface area contributed by atoms with E-state index in [1.54, 1.807) is 41.5 Å². The van der Waals surface area contributed by atoms with Gasteiger partial charge in [0.15, 0.2) is 6.04 Å². The van der Waals surface area contributed by atoms with Crippen LogP contribution in [0.3, 0.4) is 0 Å². The van der Waals surface area contributed by atoms with Gasteiger partial charge < -0.3 is 9.47 Å². The summed E-state index contributed by atoms with van der Waals surface area (Å²) in [6.07, 6.45) is 1.39. The highest BCUT2D eigenvalue weighted by molar-refractivity contribution is 9.09. The van der Waals surface area contributed by atoms with Crippen LogP contribution in [0.15, 0.2) is 11.6 Å². The van der Waals surface area contributed by atoms with Gasteiger partial charge in [-0.25, -0.2) is 9.59 Å². The van der Waals surface area contributed by atoms with E-state index in [4.69, 9.17) is 9.47 Å². The molecule has 0 aromatic rings. The minimum absolute atomic E-state index is 0.393. The van der Waals surface area contributed by atoms with Crippen LogP contribution in [-0.4, -0.2) is 46.1 Å². The predicted octanol–water partition coefficient (Wildman–Crippen LogP) is 3.27. The maximum Gasteiger partial charge on any atom is 0.411 e. The van der Waals surface area contributed by atoms with Crippen LogP contribution in [0.25, 0.3) is 0 Å². The van der Waals surface area contributed by atoms with E-state index in [2.05, 4.69) is 15.9 Å². The fourth-order valence-electron chi connectivity index (χ4n) is 1.86. The van der Waals surface area contributed by atoms with Gasteiger partial charge in [0.1, 0.15) is 11.2 Å². The number of nitrogens with zero attached hydrogens (tertiary/aromatic N) is 1. The first-order valence-corrected chi connectivity index (χ1v) is 8.04. The Morgan fingerprint density at radius 2 is 1.71 bits per heavy atom. The van der Waals surface area contributed by atoms with Gasteiger partial charge in [-0.15, -0.1) is 0 Å². The number of carbonyl (C=O) groups is 2. The summed E-state index contributed by atoms with van der Waals surface area (Å²) in [6.45, 7) is 11.2. The maximum atomic E-state index is 12.3.